The van der Waals surface area contributed by atoms with Crippen molar-refractivity contribution in [1.82, 2.24) is 4.98 Å². The third-order valence-electron chi connectivity index (χ3n) is 2.98. The van der Waals surface area contributed by atoms with Crippen LogP contribution in [0.25, 0.3) is 11.3 Å². The molecule has 0 fully saturated rings. The smallest absolute Gasteiger partial charge is 0.126 e. The van der Waals surface area contributed by atoms with Gasteiger partial charge in [-0.15, -0.1) is 0 Å². The van der Waals surface area contributed by atoms with Crippen molar-refractivity contribution < 1.29 is 4.39 Å². The predicted molar refractivity (Wildman–Crippen MR) is 77.3 cm³/mol. The average Bonchev–Trinajstić information content (AvgIpc) is 2.27. The van der Waals surface area contributed by atoms with Crippen molar-refractivity contribution in [2.24, 2.45) is 0 Å². The second-order valence-corrected chi connectivity index (χ2v) is 10.7. The van der Waals surface area contributed by atoms with Gasteiger partial charge < -0.3 is 0 Å². The summed E-state index contributed by atoms with van der Waals surface area (Å²) in [6.07, 6.45) is 1.71. The lowest BCUT2D eigenvalue weighted by molar-refractivity contribution is 0.634. The summed E-state index contributed by atoms with van der Waals surface area (Å²) in [7, 11) is -1.65. The molecule has 2 rings (SSSR count). The lowest BCUT2D eigenvalue weighted by atomic mass is 10.1. The maximum atomic E-state index is 14.1. The first-order chi connectivity index (χ1) is 8.38. The average molecular weight is 259 g/mol. The molecule has 1 aromatic carbocycles. The molecule has 0 N–H and O–H groups in total. The van der Waals surface area contributed by atoms with E-state index in [0.717, 1.165) is 16.3 Å². The van der Waals surface area contributed by atoms with Gasteiger partial charge in [0.05, 0.1) is 13.8 Å². The van der Waals surface area contributed by atoms with E-state index >= 15 is 0 Å². The number of pyridine rings is 1. The van der Waals surface area contributed by atoms with E-state index in [4.69, 9.17) is 0 Å². The summed E-state index contributed by atoms with van der Waals surface area (Å²) in [5.41, 5.74) is 2.83. The van der Waals surface area contributed by atoms with Gasteiger partial charge in [-0.05, 0) is 18.2 Å². The predicted octanol–water partition coefficient (Wildman–Crippen LogP) is 3.74. The van der Waals surface area contributed by atoms with E-state index in [9.17, 15) is 4.39 Å². The Balaban J connectivity index is 2.47. The number of hydrogen-bond donors (Lipinski definition) is 0. The van der Waals surface area contributed by atoms with Crippen molar-refractivity contribution in [2.75, 3.05) is 0 Å². The maximum Gasteiger partial charge on any atom is 0.126 e. The Morgan fingerprint density at radius 1 is 1.11 bits per heavy atom. The molecular formula is C15H18FNSi. The van der Waals surface area contributed by atoms with Crippen LogP contribution in [0.4, 0.5) is 4.39 Å². The van der Waals surface area contributed by atoms with Crippen LogP contribution in [0.15, 0.2) is 36.5 Å². The van der Waals surface area contributed by atoms with E-state index in [1.165, 1.54) is 0 Å². The van der Waals surface area contributed by atoms with Gasteiger partial charge in [-0.3, -0.25) is 4.98 Å². The van der Waals surface area contributed by atoms with Crippen LogP contribution in [0.2, 0.25) is 19.6 Å². The quantitative estimate of drug-likeness (QED) is 0.749. The second kappa shape index (κ2) is 4.65. The van der Waals surface area contributed by atoms with Gasteiger partial charge in [-0.2, -0.15) is 0 Å². The van der Waals surface area contributed by atoms with Gasteiger partial charge in [-0.25, -0.2) is 4.39 Å². The normalized spacial score (nSPS) is 11.6. The fourth-order valence-electron chi connectivity index (χ4n) is 1.94. The van der Waals surface area contributed by atoms with Gasteiger partial charge in [-0.1, -0.05) is 43.4 Å². The molecule has 0 radical (unpaired) electrons. The lowest BCUT2D eigenvalue weighted by Gasteiger charge is -2.17. The Bertz CT molecular complexity index is 573. The molecule has 0 saturated carbocycles. The molecule has 94 valence electrons. The van der Waals surface area contributed by atoms with E-state index in [1.807, 2.05) is 31.2 Å². The Morgan fingerprint density at radius 2 is 1.83 bits per heavy atom. The number of benzene rings is 1. The number of aryl methyl sites for hydroxylation is 1. The summed E-state index contributed by atoms with van der Waals surface area (Å²) in [4.78, 5) is 4.41. The van der Waals surface area contributed by atoms with Crippen LogP contribution in [0.1, 0.15) is 5.56 Å². The van der Waals surface area contributed by atoms with Gasteiger partial charge in [0.2, 0.25) is 0 Å². The molecule has 0 aliphatic carbocycles. The minimum absolute atomic E-state index is 0.124. The monoisotopic (exact) mass is 259 g/mol. The summed E-state index contributed by atoms with van der Waals surface area (Å²) in [5.74, 6) is -0.124. The van der Waals surface area contributed by atoms with E-state index in [2.05, 4.69) is 24.6 Å². The minimum atomic E-state index is -1.65. The molecule has 0 amide bonds. The van der Waals surface area contributed by atoms with E-state index < -0.39 is 8.07 Å². The van der Waals surface area contributed by atoms with E-state index in [-0.39, 0.29) is 5.82 Å². The molecule has 0 saturated heterocycles. The van der Waals surface area contributed by atoms with Crippen molar-refractivity contribution in [1.29, 1.82) is 0 Å². The molecule has 0 aliphatic heterocycles. The van der Waals surface area contributed by atoms with Crippen LogP contribution in [0.3, 0.4) is 0 Å². The molecule has 0 aliphatic rings. The first kappa shape index (κ1) is 13.0. The molecule has 0 atom stereocenters. The Labute approximate surface area is 109 Å². The molecular weight excluding hydrogens is 241 g/mol. The highest BCUT2D eigenvalue weighted by molar-refractivity contribution is 6.88. The molecule has 0 unspecified atom stereocenters. The van der Waals surface area contributed by atoms with Crippen molar-refractivity contribution in [3.63, 3.8) is 0 Å². The number of halogens is 1. The first-order valence-electron chi connectivity index (χ1n) is 6.11. The summed E-state index contributed by atoms with van der Waals surface area (Å²) in [6.45, 7) is 8.40. The van der Waals surface area contributed by atoms with Crippen LogP contribution >= 0.6 is 0 Å². The highest BCUT2D eigenvalue weighted by Crippen LogP contribution is 2.19. The highest BCUT2D eigenvalue weighted by atomic mass is 28.3. The van der Waals surface area contributed by atoms with Crippen LogP contribution < -0.4 is 5.19 Å². The molecule has 2 aromatic rings. The topological polar surface area (TPSA) is 12.9 Å². The van der Waals surface area contributed by atoms with E-state index in [0.29, 0.717) is 5.69 Å². The number of rotatable bonds is 2. The fourth-order valence-corrected chi connectivity index (χ4v) is 3.19. The number of aromatic nitrogens is 1. The van der Waals surface area contributed by atoms with E-state index in [1.54, 1.807) is 12.3 Å². The summed E-state index contributed by atoms with van der Waals surface area (Å²) >= 11 is 0. The zero-order valence-corrected chi connectivity index (χ0v) is 12.3. The van der Waals surface area contributed by atoms with Crippen molar-refractivity contribution >= 4 is 13.3 Å². The second-order valence-electron chi connectivity index (χ2n) is 5.67. The zero-order valence-electron chi connectivity index (χ0n) is 11.3. The highest BCUT2D eigenvalue weighted by Gasteiger charge is 2.21. The van der Waals surface area contributed by atoms with Crippen LogP contribution in [0, 0.1) is 12.7 Å². The van der Waals surface area contributed by atoms with Crippen molar-refractivity contribution in [3.05, 3.63) is 47.9 Å². The molecule has 18 heavy (non-hydrogen) atoms. The maximum absolute atomic E-state index is 14.1. The van der Waals surface area contributed by atoms with Gasteiger partial charge >= 0.3 is 0 Å². The molecule has 0 spiro atoms. The SMILES string of the molecule is Cc1cccc(-c2cc(F)c([Si](C)(C)C)cn2)c1. The van der Waals surface area contributed by atoms with Crippen molar-refractivity contribution in [2.45, 2.75) is 26.6 Å². The Morgan fingerprint density at radius 3 is 2.39 bits per heavy atom. The third-order valence-corrected chi connectivity index (χ3v) is 4.96. The lowest BCUT2D eigenvalue weighted by Crippen LogP contribution is -2.40. The summed E-state index contributed by atoms with van der Waals surface area (Å²) in [6, 6.07) is 9.54. The van der Waals surface area contributed by atoms with Gasteiger partial charge in [0, 0.05) is 17.8 Å². The largest absolute Gasteiger partial charge is 0.256 e. The van der Waals surface area contributed by atoms with Crippen LogP contribution in [-0.4, -0.2) is 13.1 Å². The Kier molecular flexibility index (Phi) is 3.35. The molecule has 0 bridgehead atoms. The van der Waals surface area contributed by atoms with Gasteiger partial charge in [0.25, 0.3) is 0 Å². The molecule has 1 heterocycles. The van der Waals surface area contributed by atoms with Crippen LogP contribution in [-0.2, 0) is 0 Å². The number of hydrogen-bond acceptors (Lipinski definition) is 1. The van der Waals surface area contributed by atoms with Crippen molar-refractivity contribution in [3.8, 4) is 11.3 Å². The number of nitrogens with zero attached hydrogens (tertiary/aromatic N) is 1. The minimum Gasteiger partial charge on any atom is -0.256 e. The summed E-state index contributed by atoms with van der Waals surface area (Å²) in [5, 5.41) is 0.791. The first-order valence-corrected chi connectivity index (χ1v) is 9.61. The van der Waals surface area contributed by atoms with Gasteiger partial charge in [0.15, 0.2) is 0 Å². The molecule has 3 heteroatoms. The van der Waals surface area contributed by atoms with Gasteiger partial charge in [0.1, 0.15) is 5.82 Å². The standard InChI is InChI=1S/C15H18FNSi/c1-11-6-5-7-12(8-11)14-9-13(16)15(10-17-14)18(2,3)4/h5-10H,1-4H3. The Hall–Kier alpha value is -1.48. The fraction of sp³-hybridized carbons (Fsp3) is 0.267. The summed E-state index contributed by atoms with van der Waals surface area (Å²) < 4.78 is 14.1. The molecule has 1 nitrogen and oxygen atoms in total. The third kappa shape index (κ3) is 2.67. The zero-order chi connectivity index (χ0) is 13.3. The van der Waals surface area contributed by atoms with Crippen LogP contribution in [0.5, 0.6) is 0 Å². The molecule has 1 aromatic heterocycles.